The van der Waals surface area contributed by atoms with Gasteiger partial charge in [-0.3, -0.25) is 9.59 Å². The van der Waals surface area contributed by atoms with Gasteiger partial charge in [0.1, 0.15) is 23.0 Å². The van der Waals surface area contributed by atoms with Crippen LogP contribution in [0.15, 0.2) is 47.5 Å². The Morgan fingerprint density at radius 1 is 1.21 bits per heavy atom. The van der Waals surface area contributed by atoms with Crippen LogP contribution >= 0.6 is 0 Å². The van der Waals surface area contributed by atoms with E-state index in [1.807, 2.05) is 0 Å². The SMILES string of the molecule is Cc1nc(F)ccc1Oc1ncc(C(F)(F)F)c(C)c1C(=O)Nc1cccc([S@@+]([O-])N(C)C(=O)[C@@H](C)O)c1. The van der Waals surface area contributed by atoms with Gasteiger partial charge in [-0.2, -0.15) is 21.9 Å². The Labute approximate surface area is 217 Å². The van der Waals surface area contributed by atoms with Gasteiger partial charge < -0.3 is 19.7 Å². The highest BCUT2D eigenvalue weighted by molar-refractivity contribution is 7.89. The number of benzene rings is 1. The van der Waals surface area contributed by atoms with Crippen LogP contribution in [0.1, 0.15) is 34.1 Å². The normalized spacial score (nSPS) is 13.0. The van der Waals surface area contributed by atoms with Crippen LogP contribution < -0.4 is 10.1 Å². The lowest BCUT2D eigenvalue weighted by molar-refractivity contribution is -0.138. The topological polar surface area (TPSA) is 128 Å². The number of nitrogens with one attached hydrogen (secondary N) is 1. The molecule has 2 N–H and O–H groups in total. The Hall–Kier alpha value is -3.75. The summed E-state index contributed by atoms with van der Waals surface area (Å²) in [6.45, 7) is 3.69. The summed E-state index contributed by atoms with van der Waals surface area (Å²) in [5.41, 5.74) is -2.08. The second-order valence-corrected chi connectivity index (χ2v) is 9.55. The fraction of sp³-hybridized carbons (Fsp3) is 0.250. The molecule has 0 radical (unpaired) electrons. The maximum Gasteiger partial charge on any atom is 0.418 e. The van der Waals surface area contributed by atoms with Crippen LogP contribution in [0.25, 0.3) is 0 Å². The summed E-state index contributed by atoms with van der Waals surface area (Å²) in [4.78, 5) is 32.5. The lowest BCUT2D eigenvalue weighted by Gasteiger charge is -2.21. The monoisotopic (exact) mass is 554 g/mol. The van der Waals surface area contributed by atoms with E-state index in [4.69, 9.17) is 4.74 Å². The summed E-state index contributed by atoms with van der Waals surface area (Å²) in [5, 5.41) is 11.9. The number of halogens is 4. The van der Waals surface area contributed by atoms with Gasteiger partial charge in [0.15, 0.2) is 10.6 Å². The molecule has 202 valence electrons. The Balaban J connectivity index is 1.99. The van der Waals surface area contributed by atoms with Crippen molar-refractivity contribution in [2.75, 3.05) is 12.4 Å². The van der Waals surface area contributed by atoms with E-state index in [1.54, 1.807) is 0 Å². The van der Waals surface area contributed by atoms with Gasteiger partial charge in [-0.05, 0) is 50.6 Å². The summed E-state index contributed by atoms with van der Waals surface area (Å²) >= 11 is -2.05. The minimum Gasteiger partial charge on any atom is -0.588 e. The summed E-state index contributed by atoms with van der Waals surface area (Å²) in [5.74, 6) is -3.15. The van der Waals surface area contributed by atoms with E-state index in [1.165, 1.54) is 51.2 Å². The van der Waals surface area contributed by atoms with Gasteiger partial charge in [0.05, 0.1) is 18.3 Å². The number of aliphatic hydroxyl groups excluding tert-OH is 1. The molecule has 0 saturated heterocycles. The molecule has 0 aliphatic heterocycles. The molecular formula is C24H22F4N4O5S. The molecule has 0 saturated carbocycles. The van der Waals surface area contributed by atoms with Crippen molar-refractivity contribution >= 4 is 28.9 Å². The molecule has 0 spiro atoms. The fourth-order valence-corrected chi connectivity index (χ4v) is 4.37. The summed E-state index contributed by atoms with van der Waals surface area (Å²) < 4.78 is 73.2. The minimum absolute atomic E-state index is 0.0321. The molecule has 2 amide bonds. The number of aliphatic hydroxyl groups is 1. The van der Waals surface area contributed by atoms with Crippen LogP contribution in [0.5, 0.6) is 11.6 Å². The van der Waals surface area contributed by atoms with E-state index in [2.05, 4.69) is 15.3 Å². The van der Waals surface area contributed by atoms with Crippen molar-refractivity contribution < 1.29 is 41.5 Å². The maximum atomic E-state index is 13.6. The van der Waals surface area contributed by atoms with Crippen LogP contribution in [-0.2, 0) is 22.3 Å². The van der Waals surface area contributed by atoms with Gasteiger partial charge in [-0.15, -0.1) is 0 Å². The van der Waals surface area contributed by atoms with E-state index in [-0.39, 0.29) is 22.0 Å². The largest absolute Gasteiger partial charge is 0.588 e. The van der Waals surface area contributed by atoms with Crippen LogP contribution in [0.4, 0.5) is 23.2 Å². The van der Waals surface area contributed by atoms with Crippen LogP contribution in [0, 0.1) is 19.8 Å². The lowest BCUT2D eigenvalue weighted by atomic mass is 10.0. The molecule has 3 aromatic rings. The van der Waals surface area contributed by atoms with E-state index >= 15 is 0 Å². The van der Waals surface area contributed by atoms with Gasteiger partial charge in [0.2, 0.25) is 11.8 Å². The highest BCUT2D eigenvalue weighted by Gasteiger charge is 2.36. The highest BCUT2D eigenvalue weighted by Crippen LogP contribution is 2.37. The number of rotatable bonds is 7. The van der Waals surface area contributed by atoms with Gasteiger partial charge in [0.25, 0.3) is 11.8 Å². The molecule has 0 fully saturated rings. The zero-order valence-electron chi connectivity index (χ0n) is 20.5. The average Bonchev–Trinajstić information content (AvgIpc) is 2.83. The Morgan fingerprint density at radius 3 is 2.50 bits per heavy atom. The third kappa shape index (κ3) is 6.38. The lowest BCUT2D eigenvalue weighted by Crippen LogP contribution is -2.39. The zero-order valence-corrected chi connectivity index (χ0v) is 21.3. The van der Waals surface area contributed by atoms with Gasteiger partial charge in [-0.25, -0.2) is 9.97 Å². The number of nitrogens with zero attached hydrogens (tertiary/aromatic N) is 3. The van der Waals surface area contributed by atoms with Crippen molar-refractivity contribution in [2.24, 2.45) is 0 Å². The molecule has 0 aliphatic rings. The van der Waals surface area contributed by atoms with Gasteiger partial charge in [0, 0.05) is 18.0 Å². The van der Waals surface area contributed by atoms with Crippen molar-refractivity contribution in [1.82, 2.24) is 14.3 Å². The smallest absolute Gasteiger partial charge is 0.418 e. The van der Waals surface area contributed by atoms with Crippen molar-refractivity contribution in [3.8, 4) is 11.6 Å². The number of ether oxygens (including phenoxy) is 1. The number of hydrogen-bond acceptors (Lipinski definition) is 7. The summed E-state index contributed by atoms with van der Waals surface area (Å²) in [6.07, 6.45) is -5.70. The number of aromatic nitrogens is 2. The molecule has 2 heterocycles. The van der Waals surface area contributed by atoms with E-state index in [0.29, 0.717) is 6.20 Å². The molecule has 0 bridgehead atoms. The number of alkyl halides is 3. The molecule has 2 atom stereocenters. The standard InChI is InChI=1S/C24H22F4N4O5S/c1-12-17(24(26,27)28)11-29-22(37-18-8-9-19(25)30-13(18)2)20(12)21(34)31-15-6-5-7-16(10-15)38(36)32(4)23(35)14(3)33/h5-11,14,33H,1-4H3,(H,31,34)/t14-,38-/m1/s1. The van der Waals surface area contributed by atoms with E-state index in [0.717, 1.165) is 17.3 Å². The molecule has 2 aromatic heterocycles. The van der Waals surface area contributed by atoms with Crippen molar-refractivity contribution in [3.05, 3.63) is 70.9 Å². The molecule has 1 aromatic carbocycles. The first-order chi connectivity index (χ1) is 17.7. The first kappa shape index (κ1) is 28.8. The Bertz CT molecular complexity index is 1370. The van der Waals surface area contributed by atoms with Gasteiger partial charge in [-0.1, -0.05) is 6.07 Å². The summed E-state index contributed by atoms with van der Waals surface area (Å²) in [6, 6.07) is 7.62. The van der Waals surface area contributed by atoms with Crippen LogP contribution in [0.2, 0.25) is 0 Å². The Kier molecular flexibility index (Phi) is 8.59. The van der Waals surface area contributed by atoms with Crippen molar-refractivity contribution in [2.45, 2.75) is 37.9 Å². The Morgan fingerprint density at radius 2 is 1.89 bits per heavy atom. The fourth-order valence-electron chi connectivity index (χ4n) is 3.32. The molecule has 14 heteroatoms. The van der Waals surface area contributed by atoms with Crippen molar-refractivity contribution in [1.29, 1.82) is 0 Å². The number of anilines is 1. The third-order valence-corrected chi connectivity index (χ3v) is 6.59. The first-order valence-corrected chi connectivity index (χ1v) is 12.0. The minimum atomic E-state index is -4.82. The maximum absolute atomic E-state index is 13.6. The molecule has 0 unspecified atom stereocenters. The summed E-state index contributed by atoms with van der Waals surface area (Å²) in [7, 11) is 1.21. The first-order valence-electron chi connectivity index (χ1n) is 10.9. The predicted octanol–water partition coefficient (Wildman–Crippen LogP) is 4.16. The number of hydrogen-bond donors (Lipinski definition) is 2. The highest BCUT2D eigenvalue weighted by atomic mass is 32.2. The number of likely N-dealkylation sites (N-methyl/N-ethyl adjacent to an activating group) is 1. The number of pyridine rings is 2. The molecule has 0 aliphatic carbocycles. The zero-order chi connectivity index (χ0) is 28.4. The number of amides is 2. The number of carbonyl (C=O) groups excluding carboxylic acids is 2. The van der Waals surface area contributed by atoms with Crippen LogP contribution in [0.3, 0.4) is 0 Å². The van der Waals surface area contributed by atoms with Crippen LogP contribution in [-0.4, -0.2) is 48.9 Å². The second-order valence-electron chi connectivity index (χ2n) is 8.04. The number of carbonyl (C=O) groups is 2. The molecule has 38 heavy (non-hydrogen) atoms. The predicted molar refractivity (Wildman–Crippen MR) is 128 cm³/mol. The molecule has 3 rings (SSSR count). The van der Waals surface area contributed by atoms with Gasteiger partial charge >= 0.3 is 6.18 Å². The van der Waals surface area contributed by atoms with Crippen molar-refractivity contribution in [3.63, 3.8) is 0 Å². The molecule has 9 nitrogen and oxygen atoms in total. The number of aryl methyl sites for hydroxylation is 1. The third-order valence-electron chi connectivity index (χ3n) is 5.26. The molecular weight excluding hydrogens is 532 g/mol. The quantitative estimate of drug-likeness (QED) is 0.255. The second kappa shape index (κ2) is 11.3. The average molecular weight is 555 g/mol. The van der Waals surface area contributed by atoms with E-state index < -0.39 is 64.0 Å². The van der Waals surface area contributed by atoms with E-state index in [9.17, 15) is 36.8 Å².